The van der Waals surface area contributed by atoms with E-state index in [1.54, 1.807) is 19.9 Å². The molecular formula is C15H21N3O4S. The van der Waals surface area contributed by atoms with E-state index in [0.29, 0.717) is 30.1 Å². The molecule has 2 fully saturated rings. The van der Waals surface area contributed by atoms with Crippen molar-refractivity contribution in [3.63, 3.8) is 0 Å². The average molecular weight is 339 g/mol. The molecule has 0 aromatic heterocycles. The third kappa shape index (κ3) is 2.64. The normalized spacial score (nSPS) is 28.0. The number of sulfonamides is 1. The first-order chi connectivity index (χ1) is 10.7. The molecule has 126 valence electrons. The number of hydrogen-bond acceptors (Lipinski definition) is 5. The maximum Gasteiger partial charge on any atom is 0.273 e. The van der Waals surface area contributed by atoms with Gasteiger partial charge in [0.15, 0.2) is 0 Å². The zero-order chi connectivity index (χ0) is 16.9. The molecule has 1 aromatic carbocycles. The summed E-state index contributed by atoms with van der Waals surface area (Å²) in [5.41, 5.74) is 6.91. The summed E-state index contributed by atoms with van der Waals surface area (Å²) in [6, 6.07) is 2.80. The Morgan fingerprint density at radius 1 is 1.22 bits per heavy atom. The first-order valence-electron chi connectivity index (χ1n) is 7.73. The van der Waals surface area contributed by atoms with E-state index in [1.165, 1.54) is 10.4 Å². The SMILES string of the molecule is Cc1cc(C)c(S(=O)(=O)N2CC3CCC(N)C3C2)cc1[N+](=O)[O-]. The van der Waals surface area contributed by atoms with Gasteiger partial charge >= 0.3 is 0 Å². The molecule has 1 heterocycles. The van der Waals surface area contributed by atoms with Crippen LogP contribution in [0.3, 0.4) is 0 Å². The fraction of sp³-hybridized carbons (Fsp3) is 0.600. The zero-order valence-corrected chi connectivity index (χ0v) is 14.0. The summed E-state index contributed by atoms with van der Waals surface area (Å²) in [6.07, 6.45) is 1.89. The van der Waals surface area contributed by atoms with Gasteiger partial charge in [0.25, 0.3) is 5.69 Å². The summed E-state index contributed by atoms with van der Waals surface area (Å²) in [5, 5.41) is 11.1. The Hall–Kier alpha value is -1.51. The van der Waals surface area contributed by atoms with Gasteiger partial charge in [0.05, 0.1) is 9.82 Å². The summed E-state index contributed by atoms with van der Waals surface area (Å²) < 4.78 is 27.3. The smallest absolute Gasteiger partial charge is 0.273 e. The van der Waals surface area contributed by atoms with E-state index in [2.05, 4.69) is 0 Å². The summed E-state index contributed by atoms with van der Waals surface area (Å²) in [4.78, 5) is 10.6. The summed E-state index contributed by atoms with van der Waals surface area (Å²) >= 11 is 0. The van der Waals surface area contributed by atoms with Crippen LogP contribution in [0.1, 0.15) is 24.0 Å². The Morgan fingerprint density at radius 3 is 2.52 bits per heavy atom. The Bertz CT molecular complexity index is 762. The molecule has 23 heavy (non-hydrogen) atoms. The lowest BCUT2D eigenvalue weighted by Gasteiger charge is -2.20. The molecule has 1 aromatic rings. The number of nitrogens with zero attached hydrogens (tertiary/aromatic N) is 2. The molecule has 0 spiro atoms. The van der Waals surface area contributed by atoms with Crippen LogP contribution in [0.4, 0.5) is 5.69 Å². The molecule has 0 amide bonds. The molecule has 3 rings (SSSR count). The summed E-state index contributed by atoms with van der Waals surface area (Å²) in [5.74, 6) is 0.506. The molecule has 1 saturated carbocycles. The second-order valence-electron chi connectivity index (χ2n) is 6.65. The maximum atomic E-state index is 12.9. The number of fused-ring (bicyclic) bond motifs is 1. The van der Waals surface area contributed by atoms with Crippen LogP contribution < -0.4 is 5.73 Å². The van der Waals surface area contributed by atoms with Gasteiger partial charge in [-0.3, -0.25) is 10.1 Å². The van der Waals surface area contributed by atoms with Crippen molar-refractivity contribution in [2.24, 2.45) is 17.6 Å². The van der Waals surface area contributed by atoms with Gasteiger partial charge in [0, 0.05) is 30.8 Å². The molecule has 3 unspecified atom stereocenters. The molecule has 0 radical (unpaired) electrons. The van der Waals surface area contributed by atoms with Gasteiger partial charge in [-0.15, -0.1) is 0 Å². The van der Waals surface area contributed by atoms with Crippen LogP contribution in [-0.4, -0.2) is 36.8 Å². The van der Waals surface area contributed by atoms with Crippen LogP contribution in [0, 0.1) is 35.8 Å². The van der Waals surface area contributed by atoms with E-state index in [-0.39, 0.29) is 22.5 Å². The predicted octanol–water partition coefficient (Wildman–Crippen LogP) is 1.57. The first-order valence-corrected chi connectivity index (χ1v) is 9.17. The number of nitro groups is 1. The Balaban J connectivity index is 1.98. The number of aryl methyl sites for hydroxylation is 2. The fourth-order valence-corrected chi connectivity index (χ4v) is 5.66. The maximum absolute atomic E-state index is 12.9. The third-order valence-corrected chi connectivity index (χ3v) is 7.16. The van der Waals surface area contributed by atoms with Gasteiger partial charge in [0.2, 0.25) is 10.0 Å². The van der Waals surface area contributed by atoms with Crippen molar-refractivity contribution in [3.05, 3.63) is 33.4 Å². The Kier molecular flexibility index (Phi) is 3.94. The van der Waals surface area contributed by atoms with E-state index in [9.17, 15) is 18.5 Å². The lowest BCUT2D eigenvalue weighted by atomic mass is 9.98. The second kappa shape index (κ2) is 5.54. The van der Waals surface area contributed by atoms with Crippen molar-refractivity contribution in [2.45, 2.75) is 37.6 Å². The van der Waals surface area contributed by atoms with E-state index in [4.69, 9.17) is 5.73 Å². The van der Waals surface area contributed by atoms with Crippen molar-refractivity contribution in [1.82, 2.24) is 4.31 Å². The lowest BCUT2D eigenvalue weighted by Crippen LogP contribution is -2.33. The highest BCUT2D eigenvalue weighted by Crippen LogP contribution is 2.40. The van der Waals surface area contributed by atoms with Crippen LogP contribution in [0.15, 0.2) is 17.0 Å². The summed E-state index contributed by atoms with van der Waals surface area (Å²) in [7, 11) is -3.73. The highest BCUT2D eigenvalue weighted by atomic mass is 32.2. The lowest BCUT2D eigenvalue weighted by molar-refractivity contribution is -0.385. The van der Waals surface area contributed by atoms with Crippen LogP contribution in [0.25, 0.3) is 0 Å². The predicted molar refractivity (Wildman–Crippen MR) is 85.5 cm³/mol. The Labute approximate surface area is 135 Å². The van der Waals surface area contributed by atoms with E-state index in [0.717, 1.165) is 12.8 Å². The minimum atomic E-state index is -3.73. The highest BCUT2D eigenvalue weighted by molar-refractivity contribution is 7.89. The van der Waals surface area contributed by atoms with Gasteiger partial charge in [-0.05, 0) is 50.2 Å². The number of nitrogens with two attached hydrogens (primary N) is 1. The molecule has 8 heteroatoms. The summed E-state index contributed by atoms with van der Waals surface area (Å²) in [6.45, 7) is 4.16. The minimum Gasteiger partial charge on any atom is -0.327 e. The topological polar surface area (TPSA) is 107 Å². The van der Waals surface area contributed by atoms with Crippen LogP contribution in [0.5, 0.6) is 0 Å². The molecule has 0 bridgehead atoms. The number of benzene rings is 1. The highest BCUT2D eigenvalue weighted by Gasteiger charge is 2.45. The van der Waals surface area contributed by atoms with Crippen molar-refractivity contribution >= 4 is 15.7 Å². The molecule has 1 saturated heterocycles. The molecule has 1 aliphatic carbocycles. The number of nitro benzene ring substituents is 1. The van der Waals surface area contributed by atoms with Crippen molar-refractivity contribution < 1.29 is 13.3 Å². The van der Waals surface area contributed by atoms with Crippen molar-refractivity contribution in [3.8, 4) is 0 Å². The Morgan fingerprint density at radius 2 is 1.91 bits per heavy atom. The van der Waals surface area contributed by atoms with Gasteiger partial charge in [-0.2, -0.15) is 4.31 Å². The third-order valence-electron chi connectivity index (χ3n) is 5.19. The minimum absolute atomic E-state index is 0.0309. The monoisotopic (exact) mass is 339 g/mol. The van der Waals surface area contributed by atoms with Gasteiger partial charge in [-0.1, -0.05) is 0 Å². The van der Waals surface area contributed by atoms with Crippen molar-refractivity contribution in [2.75, 3.05) is 13.1 Å². The molecule has 3 atom stereocenters. The van der Waals surface area contributed by atoms with E-state index < -0.39 is 14.9 Å². The molecular weight excluding hydrogens is 318 g/mol. The van der Waals surface area contributed by atoms with Crippen LogP contribution >= 0.6 is 0 Å². The fourth-order valence-electron chi connectivity index (χ4n) is 3.90. The molecule has 2 N–H and O–H groups in total. The van der Waals surface area contributed by atoms with Gasteiger partial charge in [0.1, 0.15) is 0 Å². The van der Waals surface area contributed by atoms with E-state index >= 15 is 0 Å². The number of rotatable bonds is 3. The zero-order valence-electron chi connectivity index (χ0n) is 13.2. The molecule has 2 aliphatic rings. The quantitative estimate of drug-likeness (QED) is 0.664. The molecule has 7 nitrogen and oxygen atoms in total. The van der Waals surface area contributed by atoms with E-state index in [1.807, 2.05) is 0 Å². The second-order valence-corrected chi connectivity index (χ2v) is 8.55. The largest absolute Gasteiger partial charge is 0.327 e. The van der Waals surface area contributed by atoms with Gasteiger partial charge in [-0.25, -0.2) is 8.42 Å². The first kappa shape index (κ1) is 16.4. The number of hydrogen-bond donors (Lipinski definition) is 1. The standard InChI is InChI=1S/C15H21N3O4S/c1-9-5-10(2)15(6-14(9)18(19)20)23(21,22)17-7-11-3-4-13(16)12(11)8-17/h5-6,11-13H,3-4,7-8,16H2,1-2H3. The van der Waals surface area contributed by atoms with Crippen LogP contribution in [-0.2, 0) is 10.0 Å². The molecule has 1 aliphatic heterocycles. The van der Waals surface area contributed by atoms with Crippen LogP contribution in [0.2, 0.25) is 0 Å². The van der Waals surface area contributed by atoms with Crippen molar-refractivity contribution in [1.29, 1.82) is 0 Å². The average Bonchev–Trinajstić information content (AvgIpc) is 3.01. The van der Waals surface area contributed by atoms with Gasteiger partial charge < -0.3 is 5.73 Å².